The number of anilines is 2. The summed E-state index contributed by atoms with van der Waals surface area (Å²) in [7, 11) is 0. The van der Waals surface area contributed by atoms with Gasteiger partial charge in [-0.05, 0) is 36.4 Å². The number of ether oxygens (including phenoxy) is 1. The lowest BCUT2D eigenvalue weighted by atomic mass is 10.1. The molecule has 0 unspecified atom stereocenters. The normalized spacial score (nSPS) is 11.4. The maximum atomic E-state index is 13.1. The molecule has 3 rings (SSSR count). The molecule has 0 fully saturated rings. The van der Waals surface area contributed by atoms with E-state index in [9.17, 15) is 24.1 Å². The standard InChI is InChI=1S/C21H16FN3O5/c22-15-7-9-16(10-8-15)24-20(26)19(13-4-2-1-3-5-13)30-21(27)14-6-11-17(23)18(12-14)25(28)29/h1-12,19H,23H2,(H,24,26)/t19-/m1/s1. The van der Waals surface area contributed by atoms with Gasteiger partial charge in [-0.2, -0.15) is 0 Å². The lowest BCUT2D eigenvalue weighted by Crippen LogP contribution is -2.26. The highest BCUT2D eigenvalue weighted by Crippen LogP contribution is 2.26. The van der Waals surface area contributed by atoms with Crippen LogP contribution < -0.4 is 11.1 Å². The number of esters is 1. The van der Waals surface area contributed by atoms with E-state index in [1.165, 1.54) is 36.4 Å². The number of rotatable bonds is 6. The molecule has 0 bridgehead atoms. The van der Waals surface area contributed by atoms with Crippen molar-refractivity contribution in [3.63, 3.8) is 0 Å². The Morgan fingerprint density at radius 1 is 1.03 bits per heavy atom. The number of carbonyl (C=O) groups is 2. The molecule has 152 valence electrons. The summed E-state index contributed by atoms with van der Waals surface area (Å²) in [6.07, 6.45) is -1.35. The van der Waals surface area contributed by atoms with Crippen LogP contribution in [0, 0.1) is 15.9 Å². The van der Waals surface area contributed by atoms with Gasteiger partial charge in [0.05, 0.1) is 10.5 Å². The third-order valence-corrected chi connectivity index (χ3v) is 4.14. The van der Waals surface area contributed by atoms with Crippen molar-refractivity contribution in [1.82, 2.24) is 0 Å². The first-order valence-electron chi connectivity index (χ1n) is 8.71. The molecular formula is C21H16FN3O5. The molecule has 1 amide bonds. The van der Waals surface area contributed by atoms with Gasteiger partial charge in [-0.3, -0.25) is 14.9 Å². The van der Waals surface area contributed by atoms with E-state index in [-0.39, 0.29) is 11.3 Å². The van der Waals surface area contributed by atoms with Crippen molar-refractivity contribution in [3.8, 4) is 0 Å². The molecule has 0 radical (unpaired) electrons. The zero-order valence-corrected chi connectivity index (χ0v) is 15.4. The van der Waals surface area contributed by atoms with Crippen LogP contribution in [0.2, 0.25) is 0 Å². The van der Waals surface area contributed by atoms with E-state index in [1.54, 1.807) is 30.3 Å². The Hall–Kier alpha value is -4.27. The zero-order valence-electron chi connectivity index (χ0n) is 15.4. The van der Waals surface area contributed by atoms with E-state index < -0.39 is 34.4 Å². The SMILES string of the molecule is Nc1ccc(C(=O)O[C@@H](C(=O)Nc2ccc(F)cc2)c2ccccc2)cc1[N+](=O)[O-]. The van der Waals surface area contributed by atoms with Crippen LogP contribution >= 0.6 is 0 Å². The lowest BCUT2D eigenvalue weighted by Gasteiger charge is -2.18. The van der Waals surface area contributed by atoms with Gasteiger partial charge in [-0.1, -0.05) is 30.3 Å². The van der Waals surface area contributed by atoms with Gasteiger partial charge in [0.25, 0.3) is 11.6 Å². The number of halogens is 1. The average Bonchev–Trinajstić information content (AvgIpc) is 2.74. The molecule has 0 saturated carbocycles. The molecule has 3 N–H and O–H groups in total. The summed E-state index contributed by atoms with van der Waals surface area (Å²) in [6, 6.07) is 16.8. The van der Waals surface area contributed by atoms with Gasteiger partial charge in [-0.15, -0.1) is 0 Å². The maximum absolute atomic E-state index is 13.1. The van der Waals surface area contributed by atoms with E-state index in [0.29, 0.717) is 11.3 Å². The second-order valence-electron chi connectivity index (χ2n) is 6.22. The van der Waals surface area contributed by atoms with E-state index >= 15 is 0 Å². The van der Waals surface area contributed by atoms with Crippen molar-refractivity contribution in [3.05, 3.63) is 99.9 Å². The minimum atomic E-state index is -1.35. The van der Waals surface area contributed by atoms with Crippen LogP contribution in [0.3, 0.4) is 0 Å². The molecule has 0 aliphatic carbocycles. The van der Waals surface area contributed by atoms with Crippen molar-refractivity contribution < 1.29 is 23.6 Å². The molecule has 0 heterocycles. The van der Waals surface area contributed by atoms with Crippen LogP contribution in [0.25, 0.3) is 0 Å². The van der Waals surface area contributed by atoms with Gasteiger partial charge in [0.2, 0.25) is 6.10 Å². The fourth-order valence-electron chi connectivity index (χ4n) is 2.65. The Balaban J connectivity index is 1.87. The number of nitrogens with two attached hydrogens (primary N) is 1. The summed E-state index contributed by atoms with van der Waals surface area (Å²) >= 11 is 0. The molecule has 0 spiro atoms. The van der Waals surface area contributed by atoms with Gasteiger partial charge >= 0.3 is 5.97 Å². The number of nitrogens with zero attached hydrogens (tertiary/aromatic N) is 1. The lowest BCUT2D eigenvalue weighted by molar-refractivity contribution is -0.383. The van der Waals surface area contributed by atoms with Gasteiger partial charge in [0.1, 0.15) is 11.5 Å². The number of nitrogens with one attached hydrogen (secondary N) is 1. The summed E-state index contributed by atoms with van der Waals surface area (Å²) < 4.78 is 18.5. The van der Waals surface area contributed by atoms with Crippen LogP contribution in [0.1, 0.15) is 22.0 Å². The highest BCUT2D eigenvalue weighted by atomic mass is 19.1. The molecule has 3 aromatic rings. The first kappa shape index (κ1) is 20.5. The molecule has 8 nitrogen and oxygen atoms in total. The number of nitro groups is 1. The highest BCUT2D eigenvalue weighted by Gasteiger charge is 2.27. The molecular weight excluding hydrogens is 393 g/mol. The Morgan fingerprint density at radius 2 is 1.70 bits per heavy atom. The number of hydrogen-bond acceptors (Lipinski definition) is 6. The first-order chi connectivity index (χ1) is 14.3. The van der Waals surface area contributed by atoms with Gasteiger partial charge in [0.15, 0.2) is 0 Å². The smallest absolute Gasteiger partial charge is 0.339 e. The van der Waals surface area contributed by atoms with Gasteiger partial charge < -0.3 is 15.8 Å². The highest BCUT2D eigenvalue weighted by molar-refractivity contribution is 5.98. The Bertz CT molecular complexity index is 1090. The van der Waals surface area contributed by atoms with E-state index in [1.807, 2.05) is 0 Å². The summed E-state index contributed by atoms with van der Waals surface area (Å²) in [5.74, 6) is -2.09. The molecule has 9 heteroatoms. The summed E-state index contributed by atoms with van der Waals surface area (Å²) in [5, 5.41) is 13.6. The topological polar surface area (TPSA) is 125 Å². The average molecular weight is 409 g/mol. The Morgan fingerprint density at radius 3 is 2.33 bits per heavy atom. The first-order valence-corrected chi connectivity index (χ1v) is 8.71. The zero-order chi connectivity index (χ0) is 21.7. The number of carbonyl (C=O) groups excluding carboxylic acids is 2. The largest absolute Gasteiger partial charge is 0.444 e. The van der Waals surface area contributed by atoms with Crippen molar-refractivity contribution in [1.29, 1.82) is 0 Å². The fourth-order valence-corrected chi connectivity index (χ4v) is 2.65. The predicted octanol–water partition coefficient (Wildman–Crippen LogP) is 3.85. The minimum Gasteiger partial charge on any atom is -0.444 e. The van der Waals surface area contributed by atoms with Crippen LogP contribution in [-0.4, -0.2) is 16.8 Å². The van der Waals surface area contributed by atoms with E-state index in [0.717, 1.165) is 6.07 Å². The second-order valence-corrected chi connectivity index (χ2v) is 6.22. The Kier molecular flexibility index (Phi) is 6.02. The minimum absolute atomic E-state index is 0.106. The van der Waals surface area contributed by atoms with E-state index in [2.05, 4.69) is 5.32 Å². The molecule has 30 heavy (non-hydrogen) atoms. The number of nitro benzene ring substituents is 1. The number of nitrogen functional groups attached to an aromatic ring is 1. The maximum Gasteiger partial charge on any atom is 0.339 e. The second kappa shape index (κ2) is 8.82. The van der Waals surface area contributed by atoms with Crippen molar-refractivity contribution >= 4 is 28.9 Å². The van der Waals surface area contributed by atoms with Gasteiger partial charge in [-0.25, -0.2) is 9.18 Å². The quantitative estimate of drug-likeness (QED) is 0.276. The molecule has 0 aliphatic heterocycles. The molecule has 0 saturated heterocycles. The van der Waals surface area contributed by atoms with Crippen molar-refractivity contribution in [2.24, 2.45) is 0 Å². The van der Waals surface area contributed by atoms with Gasteiger partial charge in [0, 0.05) is 17.3 Å². The van der Waals surface area contributed by atoms with E-state index in [4.69, 9.17) is 10.5 Å². The van der Waals surface area contributed by atoms with Crippen LogP contribution in [0.5, 0.6) is 0 Å². The molecule has 0 aromatic heterocycles. The third kappa shape index (κ3) is 4.76. The summed E-state index contributed by atoms with van der Waals surface area (Å²) in [6.45, 7) is 0. The Labute approximate surface area is 170 Å². The number of hydrogen-bond donors (Lipinski definition) is 2. The number of benzene rings is 3. The monoisotopic (exact) mass is 409 g/mol. The van der Waals surface area contributed by atoms with Crippen LogP contribution in [0.4, 0.5) is 21.5 Å². The molecule has 3 aromatic carbocycles. The summed E-state index contributed by atoms with van der Waals surface area (Å²) in [5.41, 5.74) is 5.55. The number of amides is 1. The third-order valence-electron chi connectivity index (χ3n) is 4.14. The van der Waals surface area contributed by atoms with Crippen molar-refractivity contribution in [2.45, 2.75) is 6.10 Å². The predicted molar refractivity (Wildman–Crippen MR) is 107 cm³/mol. The molecule has 0 aliphatic rings. The van der Waals surface area contributed by atoms with Crippen molar-refractivity contribution in [2.75, 3.05) is 11.1 Å². The molecule has 1 atom stereocenters. The fraction of sp³-hybridized carbons (Fsp3) is 0.0476. The van der Waals surface area contributed by atoms with Crippen LogP contribution in [0.15, 0.2) is 72.8 Å². The van der Waals surface area contributed by atoms with Crippen LogP contribution in [-0.2, 0) is 9.53 Å². The summed E-state index contributed by atoms with van der Waals surface area (Å²) in [4.78, 5) is 35.7.